The number of fused-ring (bicyclic) bond motifs is 1. The fourth-order valence-corrected chi connectivity index (χ4v) is 3.61. The molecule has 10 heteroatoms. The van der Waals surface area contributed by atoms with Gasteiger partial charge in [0.2, 0.25) is 11.1 Å². The predicted octanol–water partition coefficient (Wildman–Crippen LogP) is 3.42. The van der Waals surface area contributed by atoms with Gasteiger partial charge in [0.05, 0.1) is 15.9 Å². The van der Waals surface area contributed by atoms with Gasteiger partial charge in [0.1, 0.15) is 5.69 Å². The van der Waals surface area contributed by atoms with Crippen LogP contribution in [0.3, 0.4) is 0 Å². The molecule has 0 bridgehead atoms. The number of amides is 1. The number of nitro groups is 1. The van der Waals surface area contributed by atoms with E-state index >= 15 is 0 Å². The summed E-state index contributed by atoms with van der Waals surface area (Å²) in [5.41, 5.74) is 0.605. The number of amidine groups is 1. The third kappa shape index (κ3) is 4.50. The molecule has 5 N–H and O–H groups in total. The lowest BCUT2D eigenvalue weighted by molar-refractivity contribution is -0.383. The highest BCUT2D eigenvalue weighted by Crippen LogP contribution is 2.29. The molecule has 0 aliphatic heterocycles. The first-order valence-corrected chi connectivity index (χ1v) is 9.81. The summed E-state index contributed by atoms with van der Waals surface area (Å²) >= 11 is 1.04. The highest BCUT2D eigenvalue weighted by atomic mass is 32.2. The van der Waals surface area contributed by atoms with Crippen molar-refractivity contribution in [2.75, 3.05) is 10.3 Å². The van der Waals surface area contributed by atoms with Crippen molar-refractivity contribution in [3.8, 4) is 0 Å². The van der Waals surface area contributed by atoms with E-state index in [1.54, 1.807) is 13.0 Å². The van der Waals surface area contributed by atoms with Crippen molar-refractivity contribution < 1.29 is 9.72 Å². The number of nitrogens with two attached hydrogens (primary N) is 2. The first-order valence-electron chi connectivity index (χ1n) is 8.93. The van der Waals surface area contributed by atoms with E-state index in [-0.39, 0.29) is 16.5 Å². The number of rotatable bonds is 5. The molecule has 0 radical (unpaired) electrons. The lowest BCUT2D eigenvalue weighted by Gasteiger charge is -2.23. The summed E-state index contributed by atoms with van der Waals surface area (Å²) in [6.45, 7) is 1.64. The van der Waals surface area contributed by atoms with E-state index in [9.17, 15) is 14.9 Å². The van der Waals surface area contributed by atoms with Gasteiger partial charge >= 0.3 is 0 Å². The van der Waals surface area contributed by atoms with Crippen LogP contribution in [0.15, 0.2) is 71.8 Å². The number of nitro benzene ring substituents is 1. The first kappa shape index (κ1) is 21.1. The van der Waals surface area contributed by atoms with Crippen LogP contribution in [-0.2, 0) is 4.79 Å². The average molecular weight is 424 g/mol. The van der Waals surface area contributed by atoms with Crippen molar-refractivity contribution in [1.82, 2.24) is 0 Å². The third-order valence-corrected chi connectivity index (χ3v) is 5.43. The minimum atomic E-state index is -0.673. The molecule has 1 atom stereocenters. The Bertz CT molecular complexity index is 1120. The van der Waals surface area contributed by atoms with Crippen LogP contribution >= 0.6 is 11.8 Å². The molecule has 1 unspecified atom stereocenters. The van der Waals surface area contributed by atoms with Gasteiger partial charge in [-0.25, -0.2) is 5.84 Å². The predicted molar refractivity (Wildman–Crippen MR) is 121 cm³/mol. The van der Waals surface area contributed by atoms with Gasteiger partial charge in [-0.1, -0.05) is 60.3 Å². The topological polar surface area (TPSA) is 140 Å². The van der Waals surface area contributed by atoms with Crippen molar-refractivity contribution in [3.05, 3.63) is 76.8 Å². The Morgan fingerprint density at radius 3 is 2.53 bits per heavy atom. The molecular formula is C20H20N6O3S. The number of thioether (sulfide) groups is 1. The van der Waals surface area contributed by atoms with Gasteiger partial charge in [-0.3, -0.25) is 19.9 Å². The Labute approximate surface area is 176 Å². The molecule has 0 aromatic heterocycles. The number of carbonyl (C=O) groups excluding carboxylic acids is 1. The highest BCUT2D eigenvalue weighted by Gasteiger charge is 2.23. The quantitative estimate of drug-likeness (QED) is 0.187. The maximum absolute atomic E-state index is 12.6. The summed E-state index contributed by atoms with van der Waals surface area (Å²) in [5.74, 6) is 11.4. The molecule has 0 aliphatic carbocycles. The Morgan fingerprint density at radius 2 is 1.80 bits per heavy atom. The highest BCUT2D eigenvalue weighted by molar-refractivity contribution is 8.15. The normalized spacial score (nSPS) is 12.4. The van der Waals surface area contributed by atoms with Crippen molar-refractivity contribution in [2.24, 2.45) is 16.8 Å². The second-order valence-corrected chi connectivity index (χ2v) is 7.61. The van der Waals surface area contributed by atoms with Crippen LogP contribution in [0.1, 0.15) is 6.92 Å². The van der Waals surface area contributed by atoms with Crippen molar-refractivity contribution in [1.29, 1.82) is 0 Å². The zero-order chi connectivity index (χ0) is 21.7. The first-order chi connectivity index (χ1) is 14.4. The summed E-state index contributed by atoms with van der Waals surface area (Å²) in [6, 6.07) is 19.3. The summed E-state index contributed by atoms with van der Waals surface area (Å²) < 4.78 is 0. The molecule has 0 spiro atoms. The van der Waals surface area contributed by atoms with Crippen LogP contribution in [0.2, 0.25) is 0 Å². The van der Waals surface area contributed by atoms with Crippen molar-refractivity contribution in [2.45, 2.75) is 12.2 Å². The second kappa shape index (κ2) is 9.25. The van der Waals surface area contributed by atoms with E-state index < -0.39 is 16.1 Å². The second-order valence-electron chi connectivity index (χ2n) is 6.30. The lowest BCUT2D eigenvalue weighted by atomic mass is 10.1. The Morgan fingerprint density at radius 1 is 1.13 bits per heavy atom. The van der Waals surface area contributed by atoms with Gasteiger partial charge in [-0.15, -0.1) is 0 Å². The largest absolute Gasteiger partial charge is 0.321 e. The summed E-state index contributed by atoms with van der Waals surface area (Å²) in [4.78, 5) is 23.2. The lowest BCUT2D eigenvalue weighted by Crippen LogP contribution is -2.38. The molecule has 1 amide bonds. The molecule has 0 aliphatic rings. The molecule has 3 rings (SSSR count). The number of para-hydroxylation sites is 2. The van der Waals surface area contributed by atoms with E-state index in [1.807, 2.05) is 42.5 Å². The zero-order valence-electron chi connectivity index (χ0n) is 16.1. The van der Waals surface area contributed by atoms with Gasteiger partial charge in [0.25, 0.3) is 5.69 Å². The van der Waals surface area contributed by atoms with Crippen molar-refractivity contribution in [3.63, 3.8) is 0 Å². The molecule has 0 heterocycles. The van der Waals surface area contributed by atoms with E-state index in [0.717, 1.165) is 22.5 Å². The van der Waals surface area contributed by atoms with E-state index in [2.05, 4.69) is 10.4 Å². The molecule has 9 nitrogen and oxygen atoms in total. The number of nitrogens with one attached hydrogen (secondary N) is 1. The van der Waals surface area contributed by atoms with Gasteiger partial charge in [0, 0.05) is 11.5 Å². The summed E-state index contributed by atoms with van der Waals surface area (Å²) in [7, 11) is 0. The van der Waals surface area contributed by atoms with Gasteiger partial charge < -0.3 is 11.2 Å². The molecule has 3 aromatic carbocycles. The molecule has 30 heavy (non-hydrogen) atoms. The molecule has 154 valence electrons. The van der Waals surface area contributed by atoms with Crippen LogP contribution < -0.4 is 22.0 Å². The number of benzene rings is 3. The molecular weight excluding hydrogens is 404 g/mol. The van der Waals surface area contributed by atoms with Crippen LogP contribution in [-0.4, -0.2) is 21.2 Å². The number of hydrazone groups is 1. The minimum Gasteiger partial charge on any atom is -0.321 e. The zero-order valence-corrected chi connectivity index (χ0v) is 16.9. The van der Waals surface area contributed by atoms with Gasteiger partial charge in [-0.05, 0) is 24.4 Å². The van der Waals surface area contributed by atoms with Crippen LogP contribution in [0.4, 0.5) is 17.1 Å². The van der Waals surface area contributed by atoms with Crippen molar-refractivity contribution >= 4 is 50.7 Å². The Kier molecular flexibility index (Phi) is 6.50. The SMILES string of the molecule is CC(S/C(=N/N)N(N)c1cccc2ccccc12)C(=O)Nc1ccccc1[N+](=O)[O-]. The average Bonchev–Trinajstić information content (AvgIpc) is 2.76. The summed E-state index contributed by atoms with van der Waals surface area (Å²) in [6.07, 6.45) is 0. The van der Waals surface area contributed by atoms with Gasteiger partial charge in [0.15, 0.2) is 0 Å². The third-order valence-electron chi connectivity index (χ3n) is 4.35. The number of hydrogen-bond acceptors (Lipinski definition) is 7. The summed E-state index contributed by atoms with van der Waals surface area (Å²) in [5, 5.41) is 20.2. The van der Waals surface area contributed by atoms with Crippen LogP contribution in [0.25, 0.3) is 10.8 Å². The Hall–Kier alpha value is -3.63. The minimum absolute atomic E-state index is 0.116. The fourth-order valence-electron chi connectivity index (χ4n) is 2.86. The van der Waals surface area contributed by atoms with E-state index in [1.165, 1.54) is 23.2 Å². The van der Waals surface area contributed by atoms with Crippen LogP contribution in [0.5, 0.6) is 0 Å². The molecule has 0 saturated heterocycles. The molecule has 0 fully saturated rings. The molecule has 3 aromatic rings. The molecule has 0 saturated carbocycles. The van der Waals surface area contributed by atoms with Crippen LogP contribution in [0, 0.1) is 10.1 Å². The number of hydrazine groups is 1. The number of nitrogens with zero attached hydrogens (tertiary/aromatic N) is 3. The number of carbonyl (C=O) groups is 1. The fraction of sp³-hybridized carbons (Fsp3) is 0.100. The number of hydrogen-bond donors (Lipinski definition) is 3. The van der Waals surface area contributed by atoms with E-state index in [0.29, 0.717) is 5.69 Å². The smallest absolute Gasteiger partial charge is 0.292 e. The van der Waals surface area contributed by atoms with E-state index in [4.69, 9.17) is 11.7 Å². The monoisotopic (exact) mass is 424 g/mol. The Balaban J connectivity index is 1.77. The standard InChI is InChI=1S/C20H20N6O3S/c1-13(19(27)23-16-10-4-5-11-18(16)26(28)29)30-20(24-21)25(22)17-12-6-8-14-7-2-3-9-15(14)17/h2-13H,21-22H2,1H3,(H,23,27)/b24-20+. The van der Waals surface area contributed by atoms with Gasteiger partial charge in [-0.2, -0.15) is 5.10 Å². The number of anilines is 2. The maximum atomic E-state index is 12.6. The maximum Gasteiger partial charge on any atom is 0.292 e.